The highest BCUT2D eigenvalue weighted by molar-refractivity contribution is 6.18. The Balaban J connectivity index is 3.77. The summed E-state index contributed by atoms with van der Waals surface area (Å²) in [6.07, 6.45) is -0.556. The van der Waals surface area contributed by atoms with E-state index in [0.717, 1.165) is 0 Å². The number of halogens is 1. The number of hydrogen-bond donors (Lipinski definition) is 1. The third kappa shape index (κ3) is 4.01. The lowest BCUT2D eigenvalue weighted by atomic mass is 10.1. The van der Waals surface area contributed by atoms with Gasteiger partial charge in [0.1, 0.15) is 0 Å². The van der Waals surface area contributed by atoms with Gasteiger partial charge in [-0.15, -0.1) is 11.6 Å². The SMILES string of the molecule is C=C(CC(O)CCl)C(=O)OC. The maximum atomic E-state index is 10.7. The molecule has 3 nitrogen and oxygen atoms in total. The van der Waals surface area contributed by atoms with Gasteiger partial charge in [-0.25, -0.2) is 4.79 Å². The molecular formula is C7H11ClO3. The maximum absolute atomic E-state index is 10.7. The summed E-state index contributed by atoms with van der Waals surface area (Å²) in [5, 5.41) is 8.97. The second-order valence-corrected chi connectivity index (χ2v) is 2.42. The number of carbonyl (C=O) groups excluding carboxylic acids is 1. The van der Waals surface area contributed by atoms with Crippen molar-refractivity contribution in [2.24, 2.45) is 0 Å². The van der Waals surface area contributed by atoms with Crippen LogP contribution in [0.4, 0.5) is 0 Å². The van der Waals surface area contributed by atoms with E-state index in [1.54, 1.807) is 0 Å². The summed E-state index contributed by atoms with van der Waals surface area (Å²) in [5.74, 6) is -0.412. The number of methoxy groups -OCH3 is 1. The van der Waals surface area contributed by atoms with Crippen molar-refractivity contribution in [3.05, 3.63) is 12.2 Å². The molecule has 64 valence electrons. The second-order valence-electron chi connectivity index (χ2n) is 2.11. The standard InChI is InChI=1S/C7H11ClO3/c1-5(7(10)11-2)3-6(9)4-8/h6,9H,1,3-4H2,2H3. The highest BCUT2D eigenvalue weighted by Crippen LogP contribution is 2.05. The van der Waals surface area contributed by atoms with Crippen LogP contribution in [0, 0.1) is 0 Å². The van der Waals surface area contributed by atoms with Crippen molar-refractivity contribution >= 4 is 17.6 Å². The molecule has 0 fully saturated rings. The van der Waals surface area contributed by atoms with Gasteiger partial charge in [-0.3, -0.25) is 0 Å². The van der Waals surface area contributed by atoms with E-state index < -0.39 is 12.1 Å². The van der Waals surface area contributed by atoms with E-state index in [9.17, 15) is 4.79 Å². The Labute approximate surface area is 70.6 Å². The van der Waals surface area contributed by atoms with Gasteiger partial charge in [0.2, 0.25) is 0 Å². The molecule has 0 aliphatic heterocycles. The minimum atomic E-state index is -0.719. The largest absolute Gasteiger partial charge is 0.466 e. The van der Waals surface area contributed by atoms with Gasteiger partial charge in [0.05, 0.1) is 13.2 Å². The molecule has 11 heavy (non-hydrogen) atoms. The Morgan fingerprint density at radius 2 is 2.36 bits per heavy atom. The van der Waals surface area contributed by atoms with Crippen LogP contribution in [-0.4, -0.2) is 30.2 Å². The lowest BCUT2D eigenvalue weighted by Crippen LogP contribution is -2.14. The highest BCUT2D eigenvalue weighted by atomic mass is 35.5. The molecule has 0 aliphatic rings. The molecule has 0 heterocycles. The zero-order chi connectivity index (χ0) is 8.85. The second kappa shape index (κ2) is 5.16. The summed E-state index contributed by atoms with van der Waals surface area (Å²) in [7, 11) is 1.26. The van der Waals surface area contributed by atoms with Crippen molar-refractivity contribution in [3.63, 3.8) is 0 Å². The molecule has 0 aromatic rings. The first-order chi connectivity index (χ1) is 5.11. The lowest BCUT2D eigenvalue weighted by Gasteiger charge is -2.06. The Kier molecular flexibility index (Phi) is 4.90. The van der Waals surface area contributed by atoms with Crippen molar-refractivity contribution in [2.45, 2.75) is 12.5 Å². The number of ether oxygens (including phenoxy) is 1. The fourth-order valence-corrected chi connectivity index (χ4v) is 0.676. The van der Waals surface area contributed by atoms with E-state index in [2.05, 4.69) is 11.3 Å². The first-order valence-electron chi connectivity index (χ1n) is 3.12. The molecule has 1 atom stereocenters. The van der Waals surface area contributed by atoms with Gasteiger partial charge in [-0.05, 0) is 0 Å². The molecule has 0 bridgehead atoms. The van der Waals surface area contributed by atoms with Gasteiger partial charge in [0.15, 0.2) is 0 Å². The number of hydrogen-bond acceptors (Lipinski definition) is 3. The summed E-state index contributed by atoms with van der Waals surface area (Å²) < 4.78 is 4.36. The number of aliphatic hydroxyl groups is 1. The van der Waals surface area contributed by atoms with Crippen LogP contribution in [0.25, 0.3) is 0 Å². The Morgan fingerprint density at radius 1 is 1.82 bits per heavy atom. The molecular weight excluding hydrogens is 168 g/mol. The zero-order valence-corrected chi connectivity index (χ0v) is 7.10. The van der Waals surface area contributed by atoms with Gasteiger partial charge in [0.25, 0.3) is 0 Å². The van der Waals surface area contributed by atoms with Crippen LogP contribution >= 0.6 is 11.6 Å². The zero-order valence-electron chi connectivity index (χ0n) is 6.34. The molecule has 1 N–H and O–H groups in total. The van der Waals surface area contributed by atoms with Crippen LogP contribution in [-0.2, 0) is 9.53 Å². The molecule has 0 rings (SSSR count). The first-order valence-corrected chi connectivity index (χ1v) is 3.65. The molecule has 0 radical (unpaired) electrons. The van der Waals surface area contributed by atoms with Gasteiger partial charge in [-0.1, -0.05) is 6.58 Å². The summed E-state index contributed by atoms with van der Waals surface area (Å²) in [6, 6.07) is 0. The molecule has 0 aliphatic carbocycles. The van der Waals surface area contributed by atoms with E-state index in [1.807, 2.05) is 0 Å². The van der Waals surface area contributed by atoms with Gasteiger partial charge < -0.3 is 9.84 Å². The fourth-order valence-electron chi connectivity index (χ4n) is 0.567. The smallest absolute Gasteiger partial charge is 0.333 e. The maximum Gasteiger partial charge on any atom is 0.333 e. The Morgan fingerprint density at radius 3 is 2.73 bits per heavy atom. The molecule has 0 saturated carbocycles. The lowest BCUT2D eigenvalue weighted by molar-refractivity contribution is -0.136. The minimum absolute atomic E-state index is 0.0933. The van der Waals surface area contributed by atoms with Crippen LogP contribution in [0.5, 0.6) is 0 Å². The van der Waals surface area contributed by atoms with Crippen molar-refractivity contribution in [1.82, 2.24) is 0 Å². The molecule has 0 aromatic heterocycles. The summed E-state index contributed by atoms with van der Waals surface area (Å²) in [6.45, 7) is 3.42. The predicted octanol–water partition coefficient (Wildman–Crippen LogP) is 0.705. The summed E-state index contributed by atoms with van der Waals surface area (Å²) in [4.78, 5) is 10.7. The van der Waals surface area contributed by atoms with Crippen molar-refractivity contribution in [2.75, 3.05) is 13.0 Å². The molecule has 4 heteroatoms. The topological polar surface area (TPSA) is 46.5 Å². The molecule has 0 saturated heterocycles. The number of rotatable bonds is 4. The normalized spacial score (nSPS) is 12.3. The predicted molar refractivity (Wildman–Crippen MR) is 42.5 cm³/mol. The fraction of sp³-hybridized carbons (Fsp3) is 0.571. The average molecular weight is 179 g/mol. The average Bonchev–Trinajstić information content (AvgIpc) is 2.02. The van der Waals surface area contributed by atoms with Crippen molar-refractivity contribution < 1.29 is 14.6 Å². The van der Waals surface area contributed by atoms with Gasteiger partial charge in [-0.2, -0.15) is 0 Å². The van der Waals surface area contributed by atoms with E-state index >= 15 is 0 Å². The Bertz CT molecular complexity index is 156. The third-order valence-corrected chi connectivity index (χ3v) is 1.49. The van der Waals surface area contributed by atoms with Crippen LogP contribution in [0.15, 0.2) is 12.2 Å². The third-order valence-electron chi connectivity index (χ3n) is 1.13. The van der Waals surface area contributed by atoms with Crippen molar-refractivity contribution in [3.8, 4) is 0 Å². The van der Waals surface area contributed by atoms with Gasteiger partial charge in [0, 0.05) is 17.9 Å². The summed E-state index contributed by atoms with van der Waals surface area (Å²) in [5.41, 5.74) is 0.237. The van der Waals surface area contributed by atoms with E-state index in [0.29, 0.717) is 0 Å². The monoisotopic (exact) mass is 178 g/mol. The summed E-state index contributed by atoms with van der Waals surface area (Å²) >= 11 is 5.30. The molecule has 1 unspecified atom stereocenters. The van der Waals surface area contributed by atoms with E-state index in [-0.39, 0.29) is 17.9 Å². The molecule has 0 spiro atoms. The van der Waals surface area contributed by atoms with Crippen LogP contribution < -0.4 is 0 Å². The molecule has 0 aromatic carbocycles. The van der Waals surface area contributed by atoms with Crippen LogP contribution in [0.1, 0.15) is 6.42 Å². The number of alkyl halides is 1. The quantitative estimate of drug-likeness (QED) is 0.392. The molecule has 0 amide bonds. The Hall–Kier alpha value is -0.540. The number of carbonyl (C=O) groups is 1. The first kappa shape index (κ1) is 10.5. The van der Waals surface area contributed by atoms with E-state index in [4.69, 9.17) is 16.7 Å². The van der Waals surface area contributed by atoms with Gasteiger partial charge >= 0.3 is 5.97 Å². The minimum Gasteiger partial charge on any atom is -0.466 e. The number of aliphatic hydroxyl groups excluding tert-OH is 1. The highest BCUT2D eigenvalue weighted by Gasteiger charge is 2.11. The van der Waals surface area contributed by atoms with E-state index in [1.165, 1.54) is 7.11 Å². The van der Waals surface area contributed by atoms with Crippen molar-refractivity contribution in [1.29, 1.82) is 0 Å². The number of esters is 1. The van der Waals surface area contributed by atoms with Crippen LogP contribution in [0.2, 0.25) is 0 Å². The van der Waals surface area contributed by atoms with Crippen LogP contribution in [0.3, 0.4) is 0 Å².